The zero-order chi connectivity index (χ0) is 20.5. The van der Waals surface area contributed by atoms with E-state index in [-0.39, 0.29) is 24.2 Å². The van der Waals surface area contributed by atoms with E-state index in [4.69, 9.17) is 4.74 Å². The molecule has 154 valence electrons. The van der Waals surface area contributed by atoms with Crippen molar-refractivity contribution in [2.75, 3.05) is 25.1 Å². The van der Waals surface area contributed by atoms with Crippen molar-refractivity contribution in [3.63, 3.8) is 0 Å². The average Bonchev–Trinajstić information content (AvgIpc) is 2.96. The molecule has 0 N–H and O–H groups in total. The molecule has 2 heterocycles. The van der Waals surface area contributed by atoms with Gasteiger partial charge in [0.15, 0.2) is 0 Å². The largest absolute Gasteiger partial charge is 0.497 e. The van der Waals surface area contributed by atoms with Gasteiger partial charge in [0.05, 0.1) is 12.8 Å². The van der Waals surface area contributed by atoms with Crippen molar-refractivity contribution in [2.45, 2.75) is 44.6 Å². The molecule has 0 spiro atoms. The molecule has 3 aliphatic rings. The minimum Gasteiger partial charge on any atom is -0.497 e. The summed E-state index contributed by atoms with van der Waals surface area (Å²) < 4.78 is 5.07. The second-order valence-electron chi connectivity index (χ2n) is 7.85. The fourth-order valence-corrected chi connectivity index (χ4v) is 4.76. The number of nitrogens with zero attached hydrogens (tertiary/aromatic N) is 3. The Hall–Kier alpha value is -2.90. The number of hydrogen-bond donors (Lipinski definition) is 0. The first kappa shape index (κ1) is 19.4. The van der Waals surface area contributed by atoms with Gasteiger partial charge in [-0.1, -0.05) is 12.8 Å². The van der Waals surface area contributed by atoms with Crippen LogP contribution in [0, 0.1) is 5.92 Å². The fourth-order valence-electron chi connectivity index (χ4n) is 4.76. The first-order chi connectivity index (χ1) is 14.0. The Balaban J connectivity index is 1.49. The highest BCUT2D eigenvalue weighted by Crippen LogP contribution is 2.35. The van der Waals surface area contributed by atoms with E-state index in [1.54, 1.807) is 12.1 Å². The van der Waals surface area contributed by atoms with E-state index < -0.39 is 17.8 Å². The molecule has 3 fully saturated rings. The standard InChI is InChI=1S/C21H25N3O5/c1-29-16-10-8-15(9-11-16)24-20(27)19(26)23(21(24)28)13-18(25)22-12-4-6-14-5-2-3-7-17(14)22/h8-11,14,17H,2-7,12-13H2,1H3/t14-,17-/m1/s1. The van der Waals surface area contributed by atoms with Crippen LogP contribution < -0.4 is 9.64 Å². The number of ether oxygens (including phenoxy) is 1. The first-order valence-corrected chi connectivity index (χ1v) is 10.1. The highest BCUT2D eigenvalue weighted by atomic mass is 16.5. The smallest absolute Gasteiger partial charge is 0.339 e. The van der Waals surface area contributed by atoms with E-state index >= 15 is 0 Å². The maximum Gasteiger partial charge on any atom is 0.339 e. The first-order valence-electron chi connectivity index (χ1n) is 10.1. The van der Waals surface area contributed by atoms with Gasteiger partial charge in [-0.15, -0.1) is 0 Å². The maximum atomic E-state index is 13.0. The van der Waals surface area contributed by atoms with Crippen molar-refractivity contribution >= 4 is 29.4 Å². The van der Waals surface area contributed by atoms with Gasteiger partial charge in [-0.2, -0.15) is 0 Å². The summed E-state index contributed by atoms with van der Waals surface area (Å²) in [4.78, 5) is 54.0. The summed E-state index contributed by atoms with van der Waals surface area (Å²) in [6.45, 7) is 0.256. The van der Waals surface area contributed by atoms with Crippen molar-refractivity contribution in [2.24, 2.45) is 5.92 Å². The van der Waals surface area contributed by atoms with Gasteiger partial charge in [0.25, 0.3) is 0 Å². The number of fused-ring (bicyclic) bond motifs is 1. The predicted octanol–water partition coefficient (Wildman–Crippen LogP) is 2.17. The molecule has 4 rings (SSSR count). The number of carbonyl (C=O) groups is 4. The minimum atomic E-state index is -0.962. The normalized spacial score (nSPS) is 24.7. The average molecular weight is 399 g/mol. The number of carbonyl (C=O) groups excluding carboxylic acids is 4. The Morgan fingerprint density at radius 3 is 2.41 bits per heavy atom. The third-order valence-corrected chi connectivity index (χ3v) is 6.24. The highest BCUT2D eigenvalue weighted by molar-refractivity contribution is 6.53. The van der Waals surface area contributed by atoms with Crippen molar-refractivity contribution in [1.29, 1.82) is 0 Å². The molecule has 0 unspecified atom stereocenters. The van der Waals surface area contributed by atoms with Crippen molar-refractivity contribution in [3.05, 3.63) is 24.3 Å². The number of urea groups is 1. The maximum absolute atomic E-state index is 13.0. The highest BCUT2D eigenvalue weighted by Gasteiger charge is 2.47. The van der Waals surface area contributed by atoms with Crippen molar-refractivity contribution in [3.8, 4) is 5.75 Å². The second-order valence-corrected chi connectivity index (χ2v) is 7.85. The van der Waals surface area contributed by atoms with Gasteiger partial charge in [0.1, 0.15) is 12.3 Å². The van der Waals surface area contributed by atoms with Gasteiger partial charge in [-0.3, -0.25) is 14.4 Å². The lowest BCUT2D eigenvalue weighted by atomic mass is 9.78. The molecule has 5 amide bonds. The Bertz CT molecular complexity index is 835. The number of amides is 5. The Morgan fingerprint density at radius 1 is 1.00 bits per heavy atom. The predicted molar refractivity (Wildman–Crippen MR) is 104 cm³/mol. The summed E-state index contributed by atoms with van der Waals surface area (Å²) in [6.07, 6.45) is 6.44. The van der Waals surface area contributed by atoms with Gasteiger partial charge in [0, 0.05) is 12.6 Å². The summed E-state index contributed by atoms with van der Waals surface area (Å²) >= 11 is 0. The number of hydrogen-bond acceptors (Lipinski definition) is 5. The lowest BCUT2D eigenvalue weighted by molar-refractivity contribution is -0.144. The fraction of sp³-hybridized carbons (Fsp3) is 0.524. The molecule has 2 aliphatic heterocycles. The van der Waals surface area contributed by atoms with Gasteiger partial charge in [-0.25, -0.2) is 14.6 Å². The number of imide groups is 2. The van der Waals surface area contributed by atoms with E-state index in [9.17, 15) is 19.2 Å². The number of benzene rings is 1. The summed E-state index contributed by atoms with van der Waals surface area (Å²) in [7, 11) is 1.51. The van der Waals surface area contributed by atoms with Crippen LogP contribution in [0.25, 0.3) is 0 Å². The van der Waals surface area contributed by atoms with Gasteiger partial charge in [0.2, 0.25) is 5.91 Å². The van der Waals surface area contributed by atoms with Crippen LogP contribution in [0.2, 0.25) is 0 Å². The van der Waals surface area contributed by atoms with Crippen LogP contribution in [0.4, 0.5) is 10.5 Å². The third kappa shape index (κ3) is 3.47. The zero-order valence-electron chi connectivity index (χ0n) is 16.5. The molecule has 0 bridgehead atoms. The molecule has 1 aliphatic carbocycles. The zero-order valence-corrected chi connectivity index (χ0v) is 16.5. The van der Waals surface area contributed by atoms with Crippen LogP contribution >= 0.6 is 0 Å². The Morgan fingerprint density at radius 2 is 1.69 bits per heavy atom. The van der Waals surface area contributed by atoms with Gasteiger partial charge < -0.3 is 9.64 Å². The van der Waals surface area contributed by atoms with Gasteiger partial charge >= 0.3 is 17.8 Å². The number of piperidine rings is 1. The lowest BCUT2D eigenvalue weighted by Gasteiger charge is -2.44. The van der Waals surface area contributed by atoms with Crippen molar-refractivity contribution < 1.29 is 23.9 Å². The van der Waals surface area contributed by atoms with Crippen LogP contribution in [0.5, 0.6) is 5.75 Å². The Labute approximate surface area is 169 Å². The molecular weight excluding hydrogens is 374 g/mol. The lowest BCUT2D eigenvalue weighted by Crippen LogP contribution is -2.53. The SMILES string of the molecule is COc1ccc(N2C(=O)C(=O)N(CC(=O)N3CCC[C@H]4CCCC[C@H]43)C2=O)cc1. The molecule has 2 saturated heterocycles. The summed E-state index contributed by atoms with van der Waals surface area (Å²) in [5, 5.41) is 0. The van der Waals surface area contributed by atoms with Crippen LogP contribution in [-0.4, -0.2) is 59.8 Å². The monoisotopic (exact) mass is 399 g/mol. The number of likely N-dealkylation sites (tertiary alicyclic amines) is 1. The molecule has 0 aromatic heterocycles. The molecule has 29 heavy (non-hydrogen) atoms. The van der Waals surface area contributed by atoms with E-state index in [1.165, 1.54) is 25.7 Å². The molecule has 2 atom stereocenters. The van der Waals surface area contributed by atoms with E-state index in [0.29, 0.717) is 18.2 Å². The van der Waals surface area contributed by atoms with Gasteiger partial charge in [-0.05, 0) is 55.9 Å². The molecule has 8 nitrogen and oxygen atoms in total. The van der Waals surface area contributed by atoms with Crippen LogP contribution in [0.15, 0.2) is 24.3 Å². The topological polar surface area (TPSA) is 87.2 Å². The summed E-state index contributed by atoms with van der Waals surface area (Å²) in [5.41, 5.74) is 0.273. The van der Waals surface area contributed by atoms with Crippen LogP contribution in [-0.2, 0) is 14.4 Å². The summed E-state index contributed by atoms with van der Waals surface area (Å²) in [6, 6.07) is 5.67. The molecule has 1 saturated carbocycles. The number of anilines is 1. The molecular formula is C21H25N3O5. The molecule has 0 radical (unpaired) electrons. The van der Waals surface area contributed by atoms with E-state index in [0.717, 1.165) is 41.9 Å². The molecule has 1 aromatic carbocycles. The summed E-state index contributed by atoms with van der Waals surface area (Å²) in [5.74, 6) is -1.09. The Kier molecular flexibility index (Phi) is 5.25. The van der Waals surface area contributed by atoms with Crippen LogP contribution in [0.1, 0.15) is 38.5 Å². The second kappa shape index (κ2) is 7.85. The van der Waals surface area contributed by atoms with Crippen LogP contribution in [0.3, 0.4) is 0 Å². The molecule has 1 aromatic rings. The quantitative estimate of drug-likeness (QED) is 0.572. The van der Waals surface area contributed by atoms with Crippen molar-refractivity contribution in [1.82, 2.24) is 9.80 Å². The number of rotatable bonds is 4. The third-order valence-electron chi connectivity index (χ3n) is 6.24. The van der Waals surface area contributed by atoms with E-state index in [1.807, 2.05) is 4.90 Å². The minimum absolute atomic E-state index is 0.186. The van der Waals surface area contributed by atoms with E-state index in [2.05, 4.69) is 0 Å². The molecule has 8 heteroatoms. The number of methoxy groups -OCH3 is 1.